The van der Waals surface area contributed by atoms with Crippen molar-refractivity contribution in [3.8, 4) is 0 Å². The second kappa shape index (κ2) is 5.56. The normalized spacial score (nSPS) is 28.8. The molecular formula is C12H20N2O4. The number of amides is 2. The number of aliphatic carboxylic acids is 1. The van der Waals surface area contributed by atoms with Crippen molar-refractivity contribution in [3.05, 3.63) is 0 Å². The monoisotopic (exact) mass is 256 g/mol. The Morgan fingerprint density at radius 1 is 1.50 bits per heavy atom. The molecule has 2 rings (SSSR count). The molecule has 102 valence electrons. The lowest BCUT2D eigenvalue weighted by Gasteiger charge is -2.38. The number of ether oxygens (including phenoxy) is 1. The summed E-state index contributed by atoms with van der Waals surface area (Å²) in [7, 11) is 1.72. The first kappa shape index (κ1) is 13.1. The molecule has 2 unspecified atom stereocenters. The molecule has 2 amide bonds. The van der Waals surface area contributed by atoms with Crippen molar-refractivity contribution in [2.75, 3.05) is 33.3 Å². The third-order valence-corrected chi connectivity index (χ3v) is 3.52. The van der Waals surface area contributed by atoms with Crippen molar-refractivity contribution in [1.82, 2.24) is 9.80 Å². The van der Waals surface area contributed by atoms with Gasteiger partial charge in [-0.1, -0.05) is 0 Å². The quantitative estimate of drug-likeness (QED) is 0.800. The molecule has 0 spiro atoms. The zero-order valence-corrected chi connectivity index (χ0v) is 10.7. The second-order valence-electron chi connectivity index (χ2n) is 5.17. The van der Waals surface area contributed by atoms with Crippen LogP contribution in [0.15, 0.2) is 0 Å². The maximum absolute atomic E-state index is 12.0. The molecule has 1 N–H and O–H groups in total. The fraction of sp³-hybridized carbons (Fsp3) is 0.833. The van der Waals surface area contributed by atoms with E-state index in [2.05, 4.69) is 0 Å². The number of carboxylic acids is 1. The fourth-order valence-corrected chi connectivity index (χ4v) is 2.72. The molecule has 2 atom stereocenters. The zero-order valence-electron chi connectivity index (χ0n) is 10.7. The van der Waals surface area contributed by atoms with Gasteiger partial charge in [0.15, 0.2) is 0 Å². The van der Waals surface area contributed by atoms with Crippen molar-refractivity contribution < 1.29 is 19.4 Å². The topological polar surface area (TPSA) is 70.1 Å². The number of rotatable bonds is 4. The summed E-state index contributed by atoms with van der Waals surface area (Å²) in [5.74, 6) is -0.800. The van der Waals surface area contributed by atoms with Gasteiger partial charge in [-0.15, -0.1) is 0 Å². The van der Waals surface area contributed by atoms with Crippen LogP contribution < -0.4 is 0 Å². The van der Waals surface area contributed by atoms with Crippen molar-refractivity contribution >= 4 is 12.0 Å². The molecule has 0 aromatic rings. The van der Waals surface area contributed by atoms with Crippen LogP contribution in [0.4, 0.5) is 4.79 Å². The number of carboxylic acid groups (broad SMARTS) is 1. The highest BCUT2D eigenvalue weighted by Gasteiger charge is 2.32. The van der Waals surface area contributed by atoms with Gasteiger partial charge in [0.1, 0.15) is 0 Å². The molecule has 0 aromatic carbocycles. The molecule has 6 nitrogen and oxygen atoms in total. The minimum atomic E-state index is -0.806. The summed E-state index contributed by atoms with van der Waals surface area (Å²) in [6.07, 6.45) is 2.25. The van der Waals surface area contributed by atoms with Gasteiger partial charge in [-0.2, -0.15) is 0 Å². The second-order valence-corrected chi connectivity index (χ2v) is 5.17. The fourth-order valence-electron chi connectivity index (χ4n) is 2.72. The van der Waals surface area contributed by atoms with Gasteiger partial charge in [-0.25, -0.2) is 4.79 Å². The minimum Gasteiger partial charge on any atom is -0.481 e. The third-order valence-electron chi connectivity index (χ3n) is 3.52. The predicted octanol–water partition coefficient (Wildman–Crippen LogP) is 0.624. The summed E-state index contributed by atoms with van der Waals surface area (Å²) in [5, 5.41) is 8.84. The van der Waals surface area contributed by atoms with Crippen LogP contribution in [0.2, 0.25) is 0 Å². The molecule has 2 aliphatic heterocycles. The Morgan fingerprint density at radius 2 is 2.28 bits per heavy atom. The van der Waals surface area contributed by atoms with Crippen LogP contribution in [0, 0.1) is 5.92 Å². The summed E-state index contributed by atoms with van der Waals surface area (Å²) in [4.78, 5) is 26.1. The Morgan fingerprint density at radius 3 is 2.89 bits per heavy atom. The first-order valence-corrected chi connectivity index (χ1v) is 6.39. The Bertz CT molecular complexity index is 328. The highest BCUT2D eigenvalue weighted by Crippen LogP contribution is 2.20. The van der Waals surface area contributed by atoms with Gasteiger partial charge < -0.3 is 19.6 Å². The number of nitrogens with zero attached hydrogens (tertiary/aromatic N) is 2. The number of carbonyl (C=O) groups excluding carboxylic acids is 1. The molecular weight excluding hydrogens is 236 g/mol. The molecule has 0 aromatic heterocycles. The highest BCUT2D eigenvalue weighted by atomic mass is 16.5. The van der Waals surface area contributed by atoms with Gasteiger partial charge in [0.05, 0.1) is 12.5 Å². The average Bonchev–Trinajstić information content (AvgIpc) is 2.77. The van der Waals surface area contributed by atoms with E-state index in [1.165, 1.54) is 0 Å². The molecule has 0 saturated carbocycles. The molecule has 6 heteroatoms. The first-order valence-electron chi connectivity index (χ1n) is 6.39. The number of hydrogen-bond acceptors (Lipinski definition) is 3. The Balaban J connectivity index is 1.93. The third kappa shape index (κ3) is 3.13. The van der Waals surface area contributed by atoms with E-state index in [9.17, 15) is 9.59 Å². The van der Waals surface area contributed by atoms with E-state index < -0.39 is 5.97 Å². The van der Waals surface area contributed by atoms with Crippen LogP contribution in [0.5, 0.6) is 0 Å². The van der Waals surface area contributed by atoms with E-state index in [0.717, 1.165) is 19.4 Å². The van der Waals surface area contributed by atoms with Crippen LogP contribution >= 0.6 is 0 Å². The molecule has 2 aliphatic rings. The Hall–Kier alpha value is -1.30. The molecule has 18 heavy (non-hydrogen) atoms. The summed E-state index contributed by atoms with van der Waals surface area (Å²) in [5.41, 5.74) is 0. The Labute approximate surface area is 106 Å². The zero-order chi connectivity index (χ0) is 13.1. The summed E-state index contributed by atoms with van der Waals surface area (Å²) >= 11 is 0. The lowest BCUT2D eigenvalue weighted by Crippen LogP contribution is -2.53. The molecule has 0 bridgehead atoms. The van der Waals surface area contributed by atoms with E-state index in [1.54, 1.807) is 16.8 Å². The van der Waals surface area contributed by atoms with Gasteiger partial charge >= 0.3 is 12.0 Å². The van der Waals surface area contributed by atoms with Crippen LogP contribution in [0.3, 0.4) is 0 Å². The van der Waals surface area contributed by atoms with Gasteiger partial charge in [-0.3, -0.25) is 4.79 Å². The number of carbonyl (C=O) groups is 2. The van der Waals surface area contributed by atoms with E-state index in [1.807, 2.05) is 0 Å². The predicted molar refractivity (Wildman–Crippen MR) is 64.3 cm³/mol. The SMILES string of the molecule is CN1CC(CC(=O)O)CN(CC2CCCO2)C1=O. The lowest BCUT2D eigenvalue weighted by atomic mass is 10.0. The standard InChI is InChI=1S/C12H20N2O4/c1-13-6-9(5-11(15)16)7-14(12(13)17)8-10-3-2-4-18-10/h9-10H,2-8H2,1H3,(H,15,16). The van der Waals surface area contributed by atoms with Gasteiger partial charge in [0.2, 0.25) is 0 Å². The average molecular weight is 256 g/mol. The lowest BCUT2D eigenvalue weighted by molar-refractivity contribution is -0.138. The van der Waals surface area contributed by atoms with Crippen LogP contribution in [-0.2, 0) is 9.53 Å². The highest BCUT2D eigenvalue weighted by molar-refractivity contribution is 5.75. The van der Waals surface area contributed by atoms with E-state index in [4.69, 9.17) is 9.84 Å². The maximum atomic E-state index is 12.0. The number of hydrogen-bond donors (Lipinski definition) is 1. The minimum absolute atomic E-state index is 0.00611. The van der Waals surface area contributed by atoms with Crippen LogP contribution in [-0.4, -0.2) is 66.3 Å². The summed E-state index contributed by atoms with van der Waals surface area (Å²) in [6.45, 7) is 2.39. The molecule has 2 saturated heterocycles. The summed E-state index contributed by atoms with van der Waals surface area (Å²) < 4.78 is 5.53. The van der Waals surface area contributed by atoms with Gasteiger partial charge in [-0.05, 0) is 12.8 Å². The van der Waals surface area contributed by atoms with Crippen LogP contribution in [0.25, 0.3) is 0 Å². The van der Waals surface area contributed by atoms with Gasteiger partial charge in [0, 0.05) is 39.2 Å². The molecule has 2 heterocycles. The van der Waals surface area contributed by atoms with Crippen molar-refractivity contribution in [2.24, 2.45) is 5.92 Å². The van der Waals surface area contributed by atoms with E-state index in [-0.39, 0.29) is 24.5 Å². The van der Waals surface area contributed by atoms with Gasteiger partial charge in [0.25, 0.3) is 0 Å². The Kier molecular flexibility index (Phi) is 4.06. The number of urea groups is 1. The first-order chi connectivity index (χ1) is 8.56. The van der Waals surface area contributed by atoms with Crippen molar-refractivity contribution in [2.45, 2.75) is 25.4 Å². The van der Waals surface area contributed by atoms with Crippen LogP contribution in [0.1, 0.15) is 19.3 Å². The maximum Gasteiger partial charge on any atom is 0.319 e. The van der Waals surface area contributed by atoms with E-state index >= 15 is 0 Å². The molecule has 2 fully saturated rings. The largest absolute Gasteiger partial charge is 0.481 e. The molecule has 0 aliphatic carbocycles. The molecule has 0 radical (unpaired) electrons. The van der Waals surface area contributed by atoms with Crippen molar-refractivity contribution in [3.63, 3.8) is 0 Å². The van der Waals surface area contributed by atoms with E-state index in [0.29, 0.717) is 19.6 Å². The summed E-state index contributed by atoms with van der Waals surface area (Å²) in [6, 6.07) is -0.0212. The van der Waals surface area contributed by atoms with Crippen molar-refractivity contribution in [1.29, 1.82) is 0 Å². The smallest absolute Gasteiger partial charge is 0.319 e.